The lowest BCUT2D eigenvalue weighted by atomic mass is 9.90. The Labute approximate surface area is 205 Å². The van der Waals surface area contributed by atoms with Crippen molar-refractivity contribution in [3.8, 4) is 0 Å². The zero-order valence-corrected chi connectivity index (χ0v) is 20.2. The highest BCUT2D eigenvalue weighted by Gasteiger charge is 2.49. The number of amides is 4. The van der Waals surface area contributed by atoms with Crippen LogP contribution in [0.25, 0.3) is 10.8 Å². The lowest BCUT2D eigenvalue weighted by Gasteiger charge is -2.35. The summed E-state index contributed by atoms with van der Waals surface area (Å²) < 4.78 is 0. The minimum absolute atomic E-state index is 0.202. The molecule has 2 aliphatic heterocycles. The summed E-state index contributed by atoms with van der Waals surface area (Å²) in [6, 6.07) is 21.5. The number of carbonyl (C=O) groups excluding carboxylic acids is 3. The van der Waals surface area contributed by atoms with Crippen molar-refractivity contribution < 1.29 is 14.4 Å². The first-order chi connectivity index (χ1) is 16.8. The van der Waals surface area contributed by atoms with E-state index >= 15 is 0 Å². The SMILES string of the molecule is Cc1cccc(CN2CCN(C(=O)CN3C(=O)NC(C)(c4ccc5ccccc5c4)C3=O)CC2)c1. The van der Waals surface area contributed by atoms with E-state index in [1.807, 2.05) is 42.5 Å². The third-order valence-corrected chi connectivity index (χ3v) is 7.11. The summed E-state index contributed by atoms with van der Waals surface area (Å²) in [6.45, 7) is 7.06. The van der Waals surface area contributed by atoms with Crippen molar-refractivity contribution in [2.75, 3.05) is 32.7 Å². The number of imide groups is 1. The van der Waals surface area contributed by atoms with Gasteiger partial charge >= 0.3 is 6.03 Å². The maximum Gasteiger partial charge on any atom is 0.325 e. The molecule has 180 valence electrons. The number of nitrogens with one attached hydrogen (secondary N) is 1. The topological polar surface area (TPSA) is 73.0 Å². The van der Waals surface area contributed by atoms with Gasteiger partial charge in [0.15, 0.2) is 0 Å². The highest BCUT2D eigenvalue weighted by Crippen LogP contribution is 2.31. The zero-order valence-electron chi connectivity index (χ0n) is 20.2. The van der Waals surface area contributed by atoms with Gasteiger partial charge in [0.25, 0.3) is 5.91 Å². The normalized spacial score (nSPS) is 21.0. The Hall–Kier alpha value is -3.71. The van der Waals surface area contributed by atoms with Crippen LogP contribution in [0.15, 0.2) is 66.7 Å². The zero-order chi connectivity index (χ0) is 24.6. The van der Waals surface area contributed by atoms with Gasteiger partial charge in [-0.15, -0.1) is 0 Å². The molecule has 7 heteroatoms. The molecule has 1 N–H and O–H groups in total. The fourth-order valence-corrected chi connectivity index (χ4v) is 5.00. The Morgan fingerprint density at radius 2 is 1.66 bits per heavy atom. The predicted octanol–water partition coefficient (Wildman–Crippen LogP) is 3.26. The Kier molecular flexibility index (Phi) is 6.03. The van der Waals surface area contributed by atoms with E-state index in [1.165, 1.54) is 11.1 Å². The van der Waals surface area contributed by atoms with Crippen molar-refractivity contribution in [3.05, 3.63) is 83.4 Å². The smallest absolute Gasteiger partial charge is 0.325 e. The molecule has 35 heavy (non-hydrogen) atoms. The standard InChI is InChI=1S/C28H30N4O3/c1-20-6-5-7-21(16-20)18-30-12-14-31(15-13-30)25(33)19-32-26(34)28(2,29-27(32)35)24-11-10-22-8-3-4-9-23(22)17-24/h3-11,16-17H,12-15,18-19H2,1-2H3,(H,29,35). The molecule has 7 nitrogen and oxygen atoms in total. The molecule has 2 fully saturated rings. The van der Waals surface area contributed by atoms with Crippen LogP contribution < -0.4 is 5.32 Å². The molecule has 5 rings (SSSR count). The van der Waals surface area contributed by atoms with Gasteiger partial charge in [0, 0.05) is 32.7 Å². The molecule has 0 spiro atoms. The number of carbonyl (C=O) groups is 3. The Morgan fingerprint density at radius 3 is 2.40 bits per heavy atom. The van der Waals surface area contributed by atoms with E-state index in [2.05, 4.69) is 41.4 Å². The maximum atomic E-state index is 13.3. The van der Waals surface area contributed by atoms with Crippen molar-refractivity contribution in [1.82, 2.24) is 20.0 Å². The number of benzene rings is 3. The van der Waals surface area contributed by atoms with Crippen molar-refractivity contribution >= 4 is 28.6 Å². The first-order valence-corrected chi connectivity index (χ1v) is 12.0. The van der Waals surface area contributed by atoms with Crippen LogP contribution in [0.4, 0.5) is 4.79 Å². The minimum atomic E-state index is -1.20. The number of hydrogen-bond donors (Lipinski definition) is 1. The summed E-state index contributed by atoms with van der Waals surface area (Å²) in [6.07, 6.45) is 0. The van der Waals surface area contributed by atoms with Crippen LogP contribution in [0, 0.1) is 6.92 Å². The van der Waals surface area contributed by atoms with Crippen molar-refractivity contribution in [1.29, 1.82) is 0 Å². The van der Waals surface area contributed by atoms with E-state index in [0.29, 0.717) is 18.7 Å². The van der Waals surface area contributed by atoms with E-state index in [0.717, 1.165) is 35.3 Å². The van der Waals surface area contributed by atoms with Crippen LogP contribution in [-0.2, 0) is 21.7 Å². The fraction of sp³-hybridized carbons (Fsp3) is 0.321. The highest BCUT2D eigenvalue weighted by atomic mass is 16.2. The van der Waals surface area contributed by atoms with E-state index in [1.54, 1.807) is 11.8 Å². The number of piperazine rings is 1. The van der Waals surface area contributed by atoms with Crippen molar-refractivity contribution in [3.63, 3.8) is 0 Å². The Morgan fingerprint density at radius 1 is 0.914 bits per heavy atom. The molecule has 1 atom stereocenters. The summed E-state index contributed by atoms with van der Waals surface area (Å²) in [7, 11) is 0. The molecule has 2 saturated heterocycles. The van der Waals surface area contributed by atoms with Crippen LogP contribution in [0.1, 0.15) is 23.6 Å². The molecule has 4 amide bonds. The molecular weight excluding hydrogens is 440 g/mol. The molecule has 3 aromatic rings. The van der Waals surface area contributed by atoms with Crippen LogP contribution in [0.3, 0.4) is 0 Å². The average molecular weight is 471 g/mol. The van der Waals surface area contributed by atoms with Gasteiger partial charge in [0.05, 0.1) is 0 Å². The first-order valence-electron chi connectivity index (χ1n) is 12.0. The van der Waals surface area contributed by atoms with Crippen molar-refractivity contribution in [2.24, 2.45) is 0 Å². The first kappa shape index (κ1) is 23.1. The fourth-order valence-electron chi connectivity index (χ4n) is 5.00. The molecule has 0 saturated carbocycles. The van der Waals surface area contributed by atoms with E-state index in [4.69, 9.17) is 0 Å². The van der Waals surface area contributed by atoms with Crippen LogP contribution in [0.5, 0.6) is 0 Å². The summed E-state index contributed by atoms with van der Waals surface area (Å²) in [4.78, 5) is 44.2. The number of hydrogen-bond acceptors (Lipinski definition) is 4. The number of aryl methyl sites for hydroxylation is 1. The second kappa shape index (κ2) is 9.15. The minimum Gasteiger partial charge on any atom is -0.339 e. The van der Waals surface area contributed by atoms with Gasteiger partial charge in [-0.25, -0.2) is 4.79 Å². The third-order valence-electron chi connectivity index (χ3n) is 7.11. The highest BCUT2D eigenvalue weighted by molar-refractivity contribution is 6.09. The summed E-state index contributed by atoms with van der Waals surface area (Å²) in [5.74, 6) is -0.601. The monoisotopic (exact) mass is 470 g/mol. The lowest BCUT2D eigenvalue weighted by molar-refractivity contribution is -0.139. The van der Waals surface area contributed by atoms with Gasteiger partial charge in [-0.1, -0.05) is 66.2 Å². The van der Waals surface area contributed by atoms with Crippen LogP contribution >= 0.6 is 0 Å². The maximum absolute atomic E-state index is 13.3. The lowest BCUT2D eigenvalue weighted by Crippen LogP contribution is -2.51. The number of nitrogens with zero attached hydrogens (tertiary/aromatic N) is 3. The van der Waals surface area contributed by atoms with Gasteiger partial charge in [-0.2, -0.15) is 0 Å². The molecule has 0 radical (unpaired) electrons. The molecular formula is C28H30N4O3. The molecule has 1 unspecified atom stereocenters. The molecule has 0 aliphatic carbocycles. The molecule has 0 aromatic heterocycles. The van der Waals surface area contributed by atoms with E-state index in [-0.39, 0.29) is 12.5 Å². The summed E-state index contributed by atoms with van der Waals surface area (Å²) >= 11 is 0. The van der Waals surface area contributed by atoms with Crippen LogP contribution in [0.2, 0.25) is 0 Å². The molecule has 2 aliphatic rings. The molecule has 2 heterocycles. The second-order valence-corrected chi connectivity index (χ2v) is 9.65. The van der Waals surface area contributed by atoms with Gasteiger partial charge in [-0.05, 0) is 41.8 Å². The summed E-state index contributed by atoms with van der Waals surface area (Å²) in [5.41, 5.74) is 2.00. The number of urea groups is 1. The van der Waals surface area contributed by atoms with Crippen molar-refractivity contribution in [2.45, 2.75) is 25.9 Å². The average Bonchev–Trinajstić information content (AvgIpc) is 3.08. The van der Waals surface area contributed by atoms with Gasteiger partial charge in [0.1, 0.15) is 12.1 Å². The molecule has 3 aromatic carbocycles. The van der Waals surface area contributed by atoms with E-state index < -0.39 is 17.5 Å². The Bertz CT molecular complexity index is 1300. The Balaban J connectivity index is 1.22. The molecule has 0 bridgehead atoms. The number of fused-ring (bicyclic) bond motifs is 1. The second-order valence-electron chi connectivity index (χ2n) is 9.65. The van der Waals surface area contributed by atoms with Gasteiger partial charge < -0.3 is 10.2 Å². The van der Waals surface area contributed by atoms with Gasteiger partial charge in [-0.3, -0.25) is 19.4 Å². The third kappa shape index (κ3) is 4.51. The number of rotatable bonds is 5. The van der Waals surface area contributed by atoms with Crippen LogP contribution in [-0.4, -0.2) is 65.3 Å². The van der Waals surface area contributed by atoms with Gasteiger partial charge in [0.2, 0.25) is 5.91 Å². The quantitative estimate of drug-likeness (QED) is 0.581. The summed E-state index contributed by atoms with van der Waals surface area (Å²) in [5, 5.41) is 4.87. The van der Waals surface area contributed by atoms with E-state index in [9.17, 15) is 14.4 Å². The predicted molar refractivity (Wildman–Crippen MR) is 135 cm³/mol. The largest absolute Gasteiger partial charge is 0.339 e.